The van der Waals surface area contributed by atoms with E-state index in [2.05, 4.69) is 30.5 Å². The minimum atomic E-state index is -4.75. The van der Waals surface area contributed by atoms with Crippen molar-refractivity contribution in [2.45, 2.75) is 232 Å². The van der Waals surface area contributed by atoms with E-state index >= 15 is 0 Å². The zero-order valence-electron chi connectivity index (χ0n) is 33.3. The number of hydrogen-bond donors (Lipinski definition) is 2. The van der Waals surface area contributed by atoms with Crippen molar-refractivity contribution in [1.82, 2.24) is 0 Å². The molecule has 0 heterocycles. The van der Waals surface area contributed by atoms with Gasteiger partial charge in [-0.3, -0.25) is 14.1 Å². The van der Waals surface area contributed by atoms with Gasteiger partial charge in [0.05, 0.1) is 6.61 Å². The summed E-state index contributed by atoms with van der Waals surface area (Å²) in [6.07, 6.45) is 42.2. The second-order valence-electron chi connectivity index (χ2n) is 14.7. The van der Waals surface area contributed by atoms with Gasteiger partial charge in [0.1, 0.15) is 6.61 Å². The summed E-state index contributed by atoms with van der Waals surface area (Å²) in [5.74, 6) is -0.883. The zero-order chi connectivity index (χ0) is 37.5. The molecule has 0 unspecified atom stereocenters. The van der Waals surface area contributed by atoms with Crippen LogP contribution in [0.15, 0.2) is 12.2 Å². The summed E-state index contributed by atoms with van der Waals surface area (Å²) < 4.78 is 26.4. The van der Waals surface area contributed by atoms with Crippen molar-refractivity contribution in [2.24, 2.45) is 0 Å². The molecule has 0 rings (SSSR count). The number of ether oxygens (including phenoxy) is 2. The summed E-state index contributed by atoms with van der Waals surface area (Å²) in [6, 6.07) is 0. The average Bonchev–Trinajstić information content (AvgIpc) is 3.10. The predicted octanol–water partition coefficient (Wildman–Crippen LogP) is 13.0. The maximum Gasteiger partial charge on any atom is 0.469 e. The van der Waals surface area contributed by atoms with Gasteiger partial charge in [-0.25, -0.2) is 4.57 Å². The van der Waals surface area contributed by atoms with Gasteiger partial charge in [-0.05, 0) is 38.5 Å². The molecule has 1 atom stereocenters. The summed E-state index contributed by atoms with van der Waals surface area (Å²) in [7, 11) is -4.75. The number of allylic oxidation sites excluding steroid dienone is 2. The number of unbranched alkanes of at least 4 members (excludes halogenated alkanes) is 28. The highest BCUT2D eigenvalue weighted by molar-refractivity contribution is 7.46. The largest absolute Gasteiger partial charge is 0.469 e. The Balaban J connectivity index is 3.83. The van der Waals surface area contributed by atoms with Crippen molar-refractivity contribution in [2.75, 3.05) is 13.2 Å². The minimum Gasteiger partial charge on any atom is -0.462 e. The van der Waals surface area contributed by atoms with E-state index in [1.54, 1.807) is 0 Å². The number of rotatable bonds is 40. The molecule has 0 aliphatic rings. The molecule has 0 spiro atoms. The highest BCUT2D eigenvalue weighted by atomic mass is 31.2. The Hall–Kier alpha value is -1.21. The predicted molar refractivity (Wildman–Crippen MR) is 212 cm³/mol. The van der Waals surface area contributed by atoms with E-state index in [4.69, 9.17) is 19.3 Å². The fraction of sp³-hybridized carbons (Fsp3) is 0.905. The van der Waals surface area contributed by atoms with Crippen LogP contribution in [0.4, 0.5) is 0 Å². The Morgan fingerprint density at radius 3 is 1.22 bits per heavy atom. The molecule has 0 saturated heterocycles. The van der Waals surface area contributed by atoms with Crippen LogP contribution >= 0.6 is 7.82 Å². The molecule has 0 amide bonds. The van der Waals surface area contributed by atoms with E-state index in [1.807, 2.05) is 0 Å². The number of hydrogen-bond acceptors (Lipinski definition) is 6. The van der Waals surface area contributed by atoms with Gasteiger partial charge in [-0.2, -0.15) is 0 Å². The van der Waals surface area contributed by atoms with Gasteiger partial charge in [0, 0.05) is 12.8 Å². The van der Waals surface area contributed by atoms with Crippen molar-refractivity contribution in [3.8, 4) is 0 Å². The van der Waals surface area contributed by atoms with Crippen molar-refractivity contribution in [3.05, 3.63) is 12.2 Å². The molecule has 0 aliphatic heterocycles. The lowest BCUT2D eigenvalue weighted by atomic mass is 10.0. The van der Waals surface area contributed by atoms with E-state index in [1.165, 1.54) is 141 Å². The maximum absolute atomic E-state index is 12.4. The topological polar surface area (TPSA) is 119 Å². The third-order valence-electron chi connectivity index (χ3n) is 9.53. The second kappa shape index (κ2) is 38.5. The molecular weight excluding hydrogens is 663 g/mol. The standard InChI is InChI=1S/C42H81O8P/c1-3-5-7-9-11-13-15-17-18-19-20-21-22-23-25-26-28-30-32-34-36-41(43)48-38-40(39-49-51(45,46)47)50-42(44)37-35-33-31-29-27-24-16-14-12-10-8-6-4-2/h14,16,40H,3-13,15,17-39H2,1-2H3,(H2,45,46,47)/b16-14+/t40-/m1/s1. The minimum absolute atomic E-state index is 0.206. The lowest BCUT2D eigenvalue weighted by Gasteiger charge is -2.18. The second-order valence-corrected chi connectivity index (χ2v) is 15.9. The zero-order valence-corrected chi connectivity index (χ0v) is 34.2. The molecule has 8 nitrogen and oxygen atoms in total. The normalized spacial score (nSPS) is 12.5. The van der Waals surface area contributed by atoms with Gasteiger partial charge in [0.25, 0.3) is 0 Å². The fourth-order valence-electron chi connectivity index (χ4n) is 6.31. The van der Waals surface area contributed by atoms with Gasteiger partial charge in [0.2, 0.25) is 0 Å². The number of carbonyl (C=O) groups excluding carboxylic acids is 2. The molecular formula is C42H81O8P. The highest BCUT2D eigenvalue weighted by Gasteiger charge is 2.22. The van der Waals surface area contributed by atoms with E-state index < -0.39 is 32.5 Å². The molecule has 0 aromatic carbocycles. The number of phosphoric ester groups is 1. The highest BCUT2D eigenvalue weighted by Crippen LogP contribution is 2.36. The Labute approximate surface area is 314 Å². The van der Waals surface area contributed by atoms with Crippen LogP contribution in [0.3, 0.4) is 0 Å². The number of phosphoric acid groups is 1. The van der Waals surface area contributed by atoms with E-state index in [0.717, 1.165) is 51.4 Å². The van der Waals surface area contributed by atoms with Gasteiger partial charge >= 0.3 is 19.8 Å². The number of esters is 2. The summed E-state index contributed by atoms with van der Waals surface area (Å²) in [4.78, 5) is 42.8. The Bertz CT molecular complexity index is 843. The molecule has 0 saturated carbocycles. The first-order valence-corrected chi connectivity index (χ1v) is 23.0. The van der Waals surface area contributed by atoms with Crippen LogP contribution in [0.1, 0.15) is 226 Å². The molecule has 9 heteroatoms. The number of carbonyl (C=O) groups is 2. The Morgan fingerprint density at radius 2 is 0.824 bits per heavy atom. The molecule has 0 bridgehead atoms. The molecule has 2 N–H and O–H groups in total. The lowest BCUT2D eigenvalue weighted by molar-refractivity contribution is -0.161. The molecule has 51 heavy (non-hydrogen) atoms. The molecule has 302 valence electrons. The Morgan fingerprint density at radius 1 is 0.490 bits per heavy atom. The molecule has 0 aromatic rings. The van der Waals surface area contributed by atoms with Gasteiger partial charge in [-0.15, -0.1) is 0 Å². The molecule has 0 aromatic heterocycles. The van der Waals surface area contributed by atoms with Crippen molar-refractivity contribution >= 4 is 19.8 Å². The van der Waals surface area contributed by atoms with Gasteiger partial charge < -0.3 is 19.3 Å². The first-order valence-electron chi connectivity index (χ1n) is 21.5. The fourth-order valence-corrected chi connectivity index (χ4v) is 6.67. The molecule has 0 fully saturated rings. The van der Waals surface area contributed by atoms with Crippen LogP contribution in [0, 0.1) is 0 Å². The van der Waals surface area contributed by atoms with Crippen LogP contribution in [0.2, 0.25) is 0 Å². The SMILES string of the molecule is CCCCCC/C=C/CCCCCCCC(=O)O[C@H](COC(=O)CCCCCCCCCCCCCCCCCCCCCC)COP(=O)(O)O. The average molecular weight is 745 g/mol. The maximum atomic E-state index is 12.4. The Kier molecular flexibility index (Phi) is 37.6. The van der Waals surface area contributed by atoms with E-state index in [9.17, 15) is 14.2 Å². The summed E-state index contributed by atoms with van der Waals surface area (Å²) >= 11 is 0. The molecule has 0 aliphatic carbocycles. The van der Waals surface area contributed by atoms with Crippen molar-refractivity contribution in [1.29, 1.82) is 0 Å². The van der Waals surface area contributed by atoms with Gasteiger partial charge in [-0.1, -0.05) is 187 Å². The monoisotopic (exact) mass is 745 g/mol. The van der Waals surface area contributed by atoms with E-state index in [0.29, 0.717) is 6.42 Å². The lowest BCUT2D eigenvalue weighted by Crippen LogP contribution is -2.29. The first-order chi connectivity index (χ1) is 24.8. The van der Waals surface area contributed by atoms with Crippen LogP contribution in [0.5, 0.6) is 0 Å². The van der Waals surface area contributed by atoms with Crippen molar-refractivity contribution in [3.63, 3.8) is 0 Å². The smallest absolute Gasteiger partial charge is 0.462 e. The molecule has 0 radical (unpaired) electrons. The summed E-state index contributed by atoms with van der Waals surface area (Å²) in [6.45, 7) is 3.69. The summed E-state index contributed by atoms with van der Waals surface area (Å²) in [5.41, 5.74) is 0. The third kappa shape index (κ3) is 41.4. The van der Waals surface area contributed by atoms with E-state index in [-0.39, 0.29) is 19.4 Å². The van der Waals surface area contributed by atoms with Gasteiger partial charge in [0.15, 0.2) is 6.10 Å². The van der Waals surface area contributed by atoms with Crippen molar-refractivity contribution < 1.29 is 37.9 Å². The van der Waals surface area contributed by atoms with Crippen LogP contribution in [-0.2, 0) is 28.2 Å². The third-order valence-corrected chi connectivity index (χ3v) is 10.0. The van der Waals surface area contributed by atoms with Crippen LogP contribution < -0.4 is 0 Å². The quantitative estimate of drug-likeness (QED) is 0.0275. The first kappa shape index (κ1) is 49.8. The summed E-state index contributed by atoms with van der Waals surface area (Å²) in [5, 5.41) is 0. The van der Waals surface area contributed by atoms with Crippen LogP contribution in [0.25, 0.3) is 0 Å². The van der Waals surface area contributed by atoms with Crippen LogP contribution in [-0.4, -0.2) is 41.0 Å².